The van der Waals surface area contributed by atoms with Crippen LogP contribution in [0.2, 0.25) is 0 Å². The molecule has 0 aliphatic carbocycles. The van der Waals surface area contributed by atoms with Gasteiger partial charge in [-0.3, -0.25) is 0 Å². The topological polar surface area (TPSA) is 0 Å². The quantitative estimate of drug-likeness (QED) is 0.482. The zero-order valence-corrected chi connectivity index (χ0v) is 5.23. The third kappa shape index (κ3) is 1.29. The van der Waals surface area contributed by atoms with Crippen LogP contribution in [0.5, 0.6) is 0 Å². The molecule has 1 rings (SSSR count). The number of aryl methyl sites for hydroxylation is 1. The van der Waals surface area contributed by atoms with E-state index in [2.05, 4.69) is 36.5 Å². The molecule has 0 amide bonds. The molecule has 0 N–H and O–H groups in total. The third-order valence-electron chi connectivity index (χ3n) is 0.865. The highest BCUT2D eigenvalue weighted by atomic mass is 31.1. The van der Waals surface area contributed by atoms with E-state index < -0.39 is 0 Å². The van der Waals surface area contributed by atoms with E-state index in [1.54, 1.807) is 0 Å². The maximum atomic E-state index is 2.23. The van der Waals surface area contributed by atoms with E-state index in [-0.39, 0.29) is 7.53 Å². The Morgan fingerprint density at radius 1 is 1.00 bits per heavy atom. The van der Waals surface area contributed by atoms with Crippen molar-refractivity contribution in [1.29, 1.82) is 0 Å². The van der Waals surface area contributed by atoms with Crippen molar-refractivity contribution in [2.45, 2.75) is 0 Å². The Balaban J connectivity index is 3.02. The van der Waals surface area contributed by atoms with Gasteiger partial charge in [0.2, 0.25) is 0 Å². The lowest BCUT2D eigenvalue weighted by Crippen LogP contribution is -1.48. The Hall–Kier alpha value is -0.350. The van der Waals surface area contributed by atoms with Crippen LogP contribution < -0.4 is 0 Å². The molecule has 0 bridgehead atoms. The summed E-state index contributed by atoms with van der Waals surface area (Å²) in [6, 6.07) is 6.26. The number of rotatable bonds is 0. The van der Waals surface area contributed by atoms with Crippen molar-refractivity contribution in [2.24, 2.45) is 6.66 Å². The molecule has 0 radical (unpaired) electrons. The molecule has 36 valence electrons. The molecular formula is C6H8P+. The highest BCUT2D eigenvalue weighted by molar-refractivity contribution is 7.46. The molecule has 0 unspecified atom stereocenters. The summed E-state index contributed by atoms with van der Waals surface area (Å²) in [7, 11) is 0.116. The second-order valence-corrected chi connectivity index (χ2v) is 3.47. The first-order valence-corrected chi connectivity index (χ1v) is 4.22. The Morgan fingerprint density at radius 2 is 1.57 bits per heavy atom. The maximum absolute atomic E-state index is 2.23. The van der Waals surface area contributed by atoms with Crippen molar-refractivity contribution in [3.63, 3.8) is 0 Å². The van der Waals surface area contributed by atoms with E-state index in [4.69, 9.17) is 0 Å². The van der Waals surface area contributed by atoms with Crippen molar-refractivity contribution >= 4 is 7.53 Å². The van der Waals surface area contributed by atoms with Gasteiger partial charge in [-0.1, -0.05) is 6.07 Å². The first-order chi connectivity index (χ1) is 3.39. The Kier molecular flexibility index (Phi) is 1.43. The Morgan fingerprint density at radius 3 is 1.86 bits per heavy atom. The third-order valence-corrected chi connectivity index (χ3v) is 2.15. The van der Waals surface area contributed by atoms with Crippen LogP contribution in [-0.2, 0) is 6.66 Å². The van der Waals surface area contributed by atoms with Crippen LogP contribution in [0.15, 0.2) is 29.8 Å². The van der Waals surface area contributed by atoms with Crippen LogP contribution in [0.4, 0.5) is 0 Å². The van der Waals surface area contributed by atoms with Gasteiger partial charge in [0, 0.05) is 0 Å². The fraction of sp³-hybridized carbons (Fsp3) is 0.167. The molecule has 0 aromatic carbocycles. The fourth-order valence-electron chi connectivity index (χ4n) is 0.485. The van der Waals surface area contributed by atoms with E-state index in [0.717, 1.165) is 0 Å². The molecule has 0 saturated carbocycles. The van der Waals surface area contributed by atoms with Gasteiger partial charge in [0.15, 0.2) is 0 Å². The predicted molar refractivity (Wildman–Crippen MR) is 34.5 cm³/mol. The van der Waals surface area contributed by atoms with E-state index in [1.807, 2.05) is 0 Å². The highest BCUT2D eigenvalue weighted by Crippen LogP contribution is 2.17. The monoisotopic (exact) mass is 111 g/mol. The van der Waals surface area contributed by atoms with Crippen LogP contribution in [0.25, 0.3) is 0 Å². The van der Waals surface area contributed by atoms with Crippen LogP contribution in [0, 0.1) is 0 Å². The first-order valence-electron chi connectivity index (χ1n) is 2.30. The number of hydrogen-bond acceptors (Lipinski definition) is 0. The summed E-state index contributed by atoms with van der Waals surface area (Å²) in [5.74, 6) is 4.46. The summed E-state index contributed by atoms with van der Waals surface area (Å²) in [6.07, 6.45) is 0. The molecule has 1 aromatic heterocycles. The fourth-order valence-corrected chi connectivity index (χ4v) is 1.33. The maximum Gasteiger partial charge on any atom is 0.121 e. The summed E-state index contributed by atoms with van der Waals surface area (Å²) in [5.41, 5.74) is 0. The lowest BCUT2D eigenvalue weighted by molar-refractivity contribution is 1.85. The minimum Gasteiger partial charge on any atom is -0.0548 e. The molecule has 0 aliphatic heterocycles. The largest absolute Gasteiger partial charge is 0.121 e. The molecule has 0 spiro atoms. The van der Waals surface area contributed by atoms with Gasteiger partial charge in [0.1, 0.15) is 25.8 Å². The van der Waals surface area contributed by atoms with E-state index in [9.17, 15) is 0 Å². The van der Waals surface area contributed by atoms with Gasteiger partial charge < -0.3 is 0 Å². The Bertz CT molecular complexity index is 134. The van der Waals surface area contributed by atoms with E-state index in [1.165, 1.54) is 0 Å². The lowest BCUT2D eigenvalue weighted by atomic mass is 10.6. The molecule has 0 fully saturated rings. The second kappa shape index (κ2) is 2.09. The smallest absolute Gasteiger partial charge is 0.0548 e. The molecule has 1 aromatic rings. The van der Waals surface area contributed by atoms with Gasteiger partial charge in [-0.25, -0.2) is 0 Å². The van der Waals surface area contributed by atoms with Crippen LogP contribution in [0.1, 0.15) is 0 Å². The van der Waals surface area contributed by atoms with Crippen LogP contribution >= 0.6 is 7.53 Å². The van der Waals surface area contributed by atoms with Crippen molar-refractivity contribution < 1.29 is 0 Å². The molecule has 0 atom stereocenters. The average molecular weight is 111 g/mol. The van der Waals surface area contributed by atoms with Gasteiger partial charge in [0.05, 0.1) is 0 Å². The van der Waals surface area contributed by atoms with Crippen molar-refractivity contribution in [1.82, 2.24) is 0 Å². The predicted octanol–water partition coefficient (Wildman–Crippen LogP) is 2.49. The zero-order chi connectivity index (χ0) is 5.11. The van der Waals surface area contributed by atoms with Gasteiger partial charge >= 0.3 is 0 Å². The highest BCUT2D eigenvalue weighted by Gasteiger charge is 1.85. The number of hydrogen-bond donors (Lipinski definition) is 0. The minimum absolute atomic E-state index is 0.116. The normalized spacial score (nSPS) is 8.71. The summed E-state index contributed by atoms with van der Waals surface area (Å²) in [4.78, 5) is 0. The average Bonchev–Trinajstić information content (AvgIpc) is 1.69. The minimum atomic E-state index is 0.116. The lowest BCUT2D eigenvalue weighted by Gasteiger charge is -1.70. The van der Waals surface area contributed by atoms with Crippen molar-refractivity contribution in [3.8, 4) is 0 Å². The van der Waals surface area contributed by atoms with E-state index >= 15 is 0 Å². The van der Waals surface area contributed by atoms with Gasteiger partial charge in [0.25, 0.3) is 0 Å². The van der Waals surface area contributed by atoms with Crippen LogP contribution in [0.3, 0.4) is 0 Å². The second-order valence-electron chi connectivity index (χ2n) is 1.54. The van der Waals surface area contributed by atoms with Gasteiger partial charge in [-0.15, -0.1) is 0 Å². The molecule has 1 heterocycles. The van der Waals surface area contributed by atoms with Crippen LogP contribution in [-0.4, -0.2) is 0 Å². The van der Waals surface area contributed by atoms with Crippen molar-refractivity contribution in [2.75, 3.05) is 0 Å². The summed E-state index contributed by atoms with van der Waals surface area (Å²) in [5, 5.41) is 0. The summed E-state index contributed by atoms with van der Waals surface area (Å²) < 4.78 is 0. The molecular weight excluding hydrogens is 103 g/mol. The summed E-state index contributed by atoms with van der Waals surface area (Å²) in [6.45, 7) is 2.23. The van der Waals surface area contributed by atoms with Gasteiger partial charge in [-0.2, -0.15) is 0 Å². The van der Waals surface area contributed by atoms with Gasteiger partial charge in [-0.05, 0) is 12.1 Å². The molecule has 0 aliphatic rings. The molecule has 7 heavy (non-hydrogen) atoms. The standard InChI is InChI=1S/C6H8P/c1-7-5-3-2-4-6-7/h2-6H,1H3/q+1. The first kappa shape index (κ1) is 4.80. The van der Waals surface area contributed by atoms with Crippen molar-refractivity contribution in [3.05, 3.63) is 29.8 Å². The molecule has 0 nitrogen and oxygen atoms in total. The SMILES string of the molecule is C[p+]1ccccc1. The molecule has 1 heteroatoms. The Labute approximate surface area is 44.9 Å². The summed E-state index contributed by atoms with van der Waals surface area (Å²) >= 11 is 0. The molecule has 0 saturated heterocycles. The zero-order valence-electron chi connectivity index (χ0n) is 4.33. The van der Waals surface area contributed by atoms with E-state index in [0.29, 0.717) is 0 Å².